The van der Waals surface area contributed by atoms with Crippen molar-refractivity contribution in [2.75, 3.05) is 12.7 Å². The summed E-state index contributed by atoms with van der Waals surface area (Å²) in [5.74, 6) is 0. The van der Waals surface area contributed by atoms with E-state index in [1.54, 1.807) is 0 Å². The Hall–Kier alpha value is 0.137. The summed E-state index contributed by atoms with van der Waals surface area (Å²) in [4.78, 5) is 2.51. The first kappa shape index (κ1) is 12.2. The summed E-state index contributed by atoms with van der Waals surface area (Å²) < 4.78 is 0. The largest absolute Gasteiger partial charge is 0.389 e. The van der Waals surface area contributed by atoms with Crippen molar-refractivity contribution < 1.29 is 5.11 Å². The first-order chi connectivity index (χ1) is 6.20. The third kappa shape index (κ3) is 3.37. The van der Waals surface area contributed by atoms with Gasteiger partial charge in [0.25, 0.3) is 0 Å². The smallest absolute Gasteiger partial charge is 0.0746 e. The van der Waals surface area contributed by atoms with E-state index in [0.29, 0.717) is 6.04 Å². The zero-order chi connectivity index (χ0) is 11.0. The van der Waals surface area contributed by atoms with Gasteiger partial charge in [-0.2, -0.15) is 0 Å². The van der Waals surface area contributed by atoms with E-state index in [1.807, 2.05) is 13.8 Å². The van der Waals surface area contributed by atoms with E-state index in [9.17, 15) is 5.11 Å². The second-order valence-electron chi connectivity index (χ2n) is 6.34. The number of rotatable bonds is 3. The molecule has 1 unspecified atom stereocenters. The molecule has 1 atom stereocenters. The van der Waals surface area contributed by atoms with E-state index < -0.39 is 13.7 Å². The first-order valence-electron chi connectivity index (χ1n) is 5.66. The third-order valence-corrected chi connectivity index (χ3v) is 4.21. The Labute approximate surface area is 89.3 Å². The fourth-order valence-electron chi connectivity index (χ4n) is 2.42. The van der Waals surface area contributed by atoms with E-state index in [0.717, 1.165) is 6.42 Å². The number of nitrogens with zero attached hydrogens (tertiary/aromatic N) is 1. The highest BCUT2D eigenvalue weighted by Gasteiger charge is 2.37. The molecule has 1 aliphatic rings. The van der Waals surface area contributed by atoms with Gasteiger partial charge >= 0.3 is 0 Å². The van der Waals surface area contributed by atoms with Crippen molar-refractivity contribution in [1.29, 1.82) is 0 Å². The maximum absolute atomic E-state index is 10.1. The molecule has 0 aromatic heterocycles. The van der Waals surface area contributed by atoms with Crippen molar-refractivity contribution in [2.45, 2.75) is 58.0 Å². The highest BCUT2D eigenvalue weighted by atomic mass is 28.3. The van der Waals surface area contributed by atoms with Crippen LogP contribution in [0.5, 0.6) is 0 Å². The van der Waals surface area contributed by atoms with Gasteiger partial charge < -0.3 is 10.0 Å². The van der Waals surface area contributed by atoms with Crippen molar-refractivity contribution in [1.82, 2.24) is 4.90 Å². The van der Waals surface area contributed by atoms with E-state index in [4.69, 9.17) is 0 Å². The van der Waals surface area contributed by atoms with Gasteiger partial charge in [0.2, 0.25) is 0 Å². The van der Waals surface area contributed by atoms with Crippen LogP contribution in [-0.2, 0) is 0 Å². The lowest BCUT2D eigenvalue weighted by atomic mass is 9.97. The number of likely N-dealkylation sites (tertiary alicyclic amines) is 1. The van der Waals surface area contributed by atoms with Gasteiger partial charge in [0.1, 0.15) is 0 Å². The number of aliphatic hydroxyl groups is 1. The molecule has 2 nitrogen and oxygen atoms in total. The molecule has 1 N–H and O–H groups in total. The Balaban J connectivity index is 2.61. The van der Waals surface area contributed by atoms with Crippen LogP contribution < -0.4 is 0 Å². The van der Waals surface area contributed by atoms with Crippen LogP contribution in [0.25, 0.3) is 0 Å². The summed E-state index contributed by atoms with van der Waals surface area (Å²) >= 11 is 0. The van der Waals surface area contributed by atoms with Gasteiger partial charge in [-0.05, 0) is 39.4 Å². The van der Waals surface area contributed by atoms with E-state index in [2.05, 4.69) is 24.5 Å². The molecule has 1 aliphatic heterocycles. The summed E-state index contributed by atoms with van der Waals surface area (Å²) in [7, 11) is -1.03. The van der Waals surface area contributed by atoms with Gasteiger partial charge in [-0.1, -0.05) is 19.6 Å². The minimum absolute atomic E-state index is 0.384. The molecule has 0 aromatic rings. The number of hydrogen-bond acceptors (Lipinski definition) is 2. The van der Waals surface area contributed by atoms with E-state index >= 15 is 0 Å². The summed E-state index contributed by atoms with van der Waals surface area (Å²) in [6, 6.07) is 0.384. The molecule has 0 amide bonds. The maximum atomic E-state index is 10.1. The molecule has 0 aliphatic carbocycles. The molecular formula is C11H25NOSi. The summed E-state index contributed by atoms with van der Waals surface area (Å²) in [6.45, 7) is 12.3. The Morgan fingerprint density at radius 3 is 2.36 bits per heavy atom. The van der Waals surface area contributed by atoms with E-state index in [-0.39, 0.29) is 0 Å². The fraction of sp³-hybridized carbons (Fsp3) is 1.00. The third-order valence-electron chi connectivity index (χ3n) is 2.86. The predicted octanol–water partition coefficient (Wildman–Crippen LogP) is 2.10. The highest BCUT2D eigenvalue weighted by Crippen LogP contribution is 2.27. The average Bonchev–Trinajstić information content (AvgIpc) is 2.29. The SMILES string of the molecule is CC(C)(O)C1CCCN1C[Si](C)(C)C. The Morgan fingerprint density at radius 1 is 1.36 bits per heavy atom. The van der Waals surface area contributed by atoms with Crippen molar-refractivity contribution in [3.63, 3.8) is 0 Å². The number of hydrogen-bond donors (Lipinski definition) is 1. The van der Waals surface area contributed by atoms with Gasteiger partial charge in [-0.15, -0.1) is 0 Å². The van der Waals surface area contributed by atoms with Crippen LogP contribution in [0.1, 0.15) is 26.7 Å². The Morgan fingerprint density at radius 2 is 1.93 bits per heavy atom. The van der Waals surface area contributed by atoms with Gasteiger partial charge in [-0.25, -0.2) is 0 Å². The molecule has 84 valence electrons. The van der Waals surface area contributed by atoms with Crippen molar-refractivity contribution in [3.05, 3.63) is 0 Å². The topological polar surface area (TPSA) is 23.5 Å². The van der Waals surface area contributed by atoms with Crippen molar-refractivity contribution in [3.8, 4) is 0 Å². The van der Waals surface area contributed by atoms with Crippen LogP contribution >= 0.6 is 0 Å². The van der Waals surface area contributed by atoms with Gasteiger partial charge in [0.15, 0.2) is 0 Å². The van der Waals surface area contributed by atoms with Crippen LogP contribution in [-0.4, -0.2) is 42.4 Å². The maximum Gasteiger partial charge on any atom is 0.0746 e. The van der Waals surface area contributed by atoms with Gasteiger partial charge in [0.05, 0.1) is 13.7 Å². The molecule has 1 heterocycles. The molecule has 0 spiro atoms. The normalized spacial score (nSPS) is 25.7. The Bertz CT molecular complexity index is 192. The monoisotopic (exact) mass is 215 g/mol. The van der Waals surface area contributed by atoms with Crippen LogP contribution in [0.4, 0.5) is 0 Å². The second-order valence-corrected chi connectivity index (χ2v) is 11.8. The van der Waals surface area contributed by atoms with Crippen LogP contribution in [0.3, 0.4) is 0 Å². The van der Waals surface area contributed by atoms with Crippen molar-refractivity contribution in [2.24, 2.45) is 0 Å². The van der Waals surface area contributed by atoms with Gasteiger partial charge in [-0.3, -0.25) is 0 Å². The highest BCUT2D eigenvalue weighted by molar-refractivity contribution is 6.76. The first-order valence-corrected chi connectivity index (χ1v) is 9.37. The van der Waals surface area contributed by atoms with E-state index in [1.165, 1.54) is 19.1 Å². The van der Waals surface area contributed by atoms with Crippen LogP contribution in [0.2, 0.25) is 19.6 Å². The summed E-state index contributed by atoms with van der Waals surface area (Å²) in [5.41, 5.74) is -0.532. The molecular weight excluding hydrogens is 190 g/mol. The van der Waals surface area contributed by atoms with Crippen molar-refractivity contribution >= 4 is 8.07 Å². The quantitative estimate of drug-likeness (QED) is 0.729. The minimum Gasteiger partial charge on any atom is -0.389 e. The molecule has 0 aromatic carbocycles. The van der Waals surface area contributed by atoms with Gasteiger partial charge in [0, 0.05) is 6.04 Å². The minimum atomic E-state index is -1.03. The summed E-state index contributed by atoms with van der Waals surface area (Å²) in [5, 5.41) is 10.1. The van der Waals surface area contributed by atoms with Crippen LogP contribution in [0, 0.1) is 0 Å². The molecule has 14 heavy (non-hydrogen) atoms. The van der Waals surface area contributed by atoms with Crippen LogP contribution in [0.15, 0.2) is 0 Å². The molecule has 1 rings (SSSR count). The lowest BCUT2D eigenvalue weighted by Gasteiger charge is -2.36. The Kier molecular flexibility index (Phi) is 3.44. The molecule has 0 radical (unpaired) electrons. The molecule has 0 saturated carbocycles. The lowest BCUT2D eigenvalue weighted by molar-refractivity contribution is 0.00286. The molecule has 1 fully saturated rings. The second kappa shape index (κ2) is 3.95. The summed E-state index contributed by atoms with van der Waals surface area (Å²) in [6.07, 6.45) is 3.63. The molecule has 3 heteroatoms. The zero-order valence-corrected chi connectivity index (χ0v) is 11.3. The molecule has 0 bridgehead atoms. The average molecular weight is 215 g/mol. The molecule has 1 saturated heterocycles. The fourth-order valence-corrected chi connectivity index (χ4v) is 4.02. The standard InChI is InChI=1S/C11H25NOSi/c1-11(2,13)10-7-6-8-12(10)9-14(3,4)5/h10,13H,6-9H2,1-5H3. The predicted molar refractivity (Wildman–Crippen MR) is 64.2 cm³/mol. The lowest BCUT2D eigenvalue weighted by Crippen LogP contribution is -2.50. The zero-order valence-electron chi connectivity index (χ0n) is 10.3.